The Kier molecular flexibility index (Phi) is 3.73. The Morgan fingerprint density at radius 3 is 2.89 bits per heavy atom. The van der Waals surface area contributed by atoms with Gasteiger partial charge in [-0.05, 0) is 25.0 Å². The van der Waals surface area contributed by atoms with E-state index in [9.17, 15) is 5.11 Å². The minimum absolute atomic E-state index is 0.204. The number of aliphatic hydroxyl groups is 1. The molecule has 0 aliphatic heterocycles. The number of nitrogens with zero attached hydrogens (tertiary/aromatic N) is 3. The lowest BCUT2D eigenvalue weighted by atomic mass is 9.91. The van der Waals surface area contributed by atoms with Gasteiger partial charge in [0, 0.05) is 31.5 Å². The molecule has 1 saturated carbocycles. The van der Waals surface area contributed by atoms with E-state index in [0.29, 0.717) is 11.1 Å². The van der Waals surface area contributed by atoms with Gasteiger partial charge in [0.25, 0.3) is 0 Å². The highest BCUT2D eigenvalue weighted by molar-refractivity contribution is 6.30. The first-order chi connectivity index (χ1) is 9.26. The van der Waals surface area contributed by atoms with E-state index in [1.54, 1.807) is 0 Å². The van der Waals surface area contributed by atoms with Gasteiger partial charge in [-0.15, -0.1) is 0 Å². The number of hydrogen-bond donors (Lipinski definition) is 1. The fraction of sp³-hybridized carbons (Fsp3) is 0.500. The first-order valence-electron chi connectivity index (χ1n) is 6.74. The maximum Gasteiger partial charge on any atom is 0.137 e. The molecule has 19 heavy (non-hydrogen) atoms. The molecule has 0 atom stereocenters. The molecular formula is C14H18ClN3O. The third-order valence-corrected chi connectivity index (χ3v) is 4.03. The average Bonchev–Trinajstić information content (AvgIpc) is 2.68. The van der Waals surface area contributed by atoms with Crippen molar-refractivity contribution in [3.05, 3.63) is 35.2 Å². The van der Waals surface area contributed by atoms with Gasteiger partial charge in [-0.25, -0.2) is 4.98 Å². The van der Waals surface area contributed by atoms with Crippen LogP contribution < -0.4 is 0 Å². The molecule has 1 aliphatic carbocycles. The molecule has 0 spiro atoms. The van der Waals surface area contributed by atoms with Gasteiger partial charge in [-0.3, -0.25) is 4.90 Å². The minimum Gasteiger partial charge on any atom is -0.395 e. The number of rotatable bonds is 5. The van der Waals surface area contributed by atoms with Crippen molar-refractivity contribution in [3.63, 3.8) is 0 Å². The highest BCUT2D eigenvalue weighted by Crippen LogP contribution is 2.26. The normalized spacial score (nSPS) is 16.2. The smallest absolute Gasteiger partial charge is 0.137 e. The van der Waals surface area contributed by atoms with Crippen LogP contribution in [0.15, 0.2) is 24.5 Å². The number of pyridine rings is 1. The first kappa shape index (κ1) is 12.9. The standard InChI is InChI=1S/C14H18ClN3O/c15-11-4-5-14-16-12(10-18(14)8-11)9-17(6-7-19)13-2-1-3-13/h4-5,8,10,13,19H,1-3,6-7,9H2. The number of halogens is 1. The zero-order valence-electron chi connectivity index (χ0n) is 10.8. The van der Waals surface area contributed by atoms with Crippen LogP contribution in [0.25, 0.3) is 5.65 Å². The van der Waals surface area contributed by atoms with Crippen molar-refractivity contribution in [2.45, 2.75) is 31.8 Å². The molecule has 5 heteroatoms. The summed E-state index contributed by atoms with van der Waals surface area (Å²) in [7, 11) is 0. The molecular weight excluding hydrogens is 262 g/mol. The predicted molar refractivity (Wildman–Crippen MR) is 75.3 cm³/mol. The van der Waals surface area contributed by atoms with E-state index in [-0.39, 0.29) is 6.61 Å². The molecule has 1 fully saturated rings. The van der Waals surface area contributed by atoms with Crippen LogP contribution in [0.3, 0.4) is 0 Å². The monoisotopic (exact) mass is 279 g/mol. The van der Waals surface area contributed by atoms with Crippen LogP contribution in [-0.4, -0.2) is 38.6 Å². The van der Waals surface area contributed by atoms with Gasteiger partial charge in [0.2, 0.25) is 0 Å². The van der Waals surface area contributed by atoms with E-state index in [1.165, 1.54) is 19.3 Å². The van der Waals surface area contributed by atoms with Crippen molar-refractivity contribution in [1.82, 2.24) is 14.3 Å². The molecule has 2 aromatic rings. The first-order valence-corrected chi connectivity index (χ1v) is 7.12. The summed E-state index contributed by atoms with van der Waals surface area (Å²) in [5.74, 6) is 0. The van der Waals surface area contributed by atoms with Crippen molar-refractivity contribution in [2.24, 2.45) is 0 Å². The quantitative estimate of drug-likeness (QED) is 0.913. The van der Waals surface area contributed by atoms with Crippen molar-refractivity contribution in [1.29, 1.82) is 0 Å². The molecule has 2 aromatic heterocycles. The molecule has 4 nitrogen and oxygen atoms in total. The molecule has 1 aliphatic rings. The summed E-state index contributed by atoms with van der Waals surface area (Å²) < 4.78 is 1.95. The third kappa shape index (κ3) is 2.76. The van der Waals surface area contributed by atoms with Crippen molar-refractivity contribution in [2.75, 3.05) is 13.2 Å². The molecule has 0 aromatic carbocycles. The number of fused-ring (bicyclic) bond motifs is 1. The van der Waals surface area contributed by atoms with E-state index >= 15 is 0 Å². The van der Waals surface area contributed by atoms with Crippen molar-refractivity contribution >= 4 is 17.2 Å². The number of imidazole rings is 1. The maximum atomic E-state index is 9.17. The fourth-order valence-electron chi connectivity index (χ4n) is 2.57. The van der Waals surface area contributed by atoms with Crippen molar-refractivity contribution < 1.29 is 5.11 Å². The third-order valence-electron chi connectivity index (χ3n) is 3.81. The number of hydrogen-bond acceptors (Lipinski definition) is 3. The summed E-state index contributed by atoms with van der Waals surface area (Å²) in [6.45, 7) is 1.72. The zero-order valence-corrected chi connectivity index (χ0v) is 11.6. The Morgan fingerprint density at radius 2 is 2.21 bits per heavy atom. The van der Waals surface area contributed by atoms with E-state index in [1.807, 2.05) is 28.9 Å². The van der Waals surface area contributed by atoms with Crippen LogP contribution in [0.1, 0.15) is 25.0 Å². The van der Waals surface area contributed by atoms with Crippen LogP contribution in [-0.2, 0) is 6.54 Å². The summed E-state index contributed by atoms with van der Waals surface area (Å²) in [5.41, 5.74) is 1.94. The highest BCUT2D eigenvalue weighted by Gasteiger charge is 2.25. The van der Waals surface area contributed by atoms with Crippen LogP contribution in [0.4, 0.5) is 0 Å². The molecule has 102 valence electrons. The second-order valence-corrected chi connectivity index (χ2v) is 5.56. The Labute approximate surface area is 117 Å². The van der Waals surface area contributed by atoms with Crippen molar-refractivity contribution in [3.8, 4) is 0 Å². The van der Waals surface area contributed by atoms with E-state index in [4.69, 9.17) is 11.6 Å². The van der Waals surface area contributed by atoms with Gasteiger partial charge >= 0.3 is 0 Å². The van der Waals surface area contributed by atoms with Gasteiger partial charge in [0.15, 0.2) is 0 Å². The predicted octanol–water partition coefficient (Wildman–Crippen LogP) is 2.33. The Morgan fingerprint density at radius 1 is 1.37 bits per heavy atom. The Bertz CT molecular complexity index is 565. The number of aliphatic hydroxyl groups excluding tert-OH is 1. The van der Waals surface area contributed by atoms with E-state index in [2.05, 4.69) is 9.88 Å². The lowest BCUT2D eigenvalue weighted by Gasteiger charge is -2.36. The molecule has 2 heterocycles. The van der Waals surface area contributed by atoms with Crippen LogP contribution in [0, 0.1) is 0 Å². The SMILES string of the molecule is OCCN(Cc1cn2cc(Cl)ccc2n1)C1CCC1. The van der Waals surface area contributed by atoms with Crippen LogP contribution in [0.5, 0.6) is 0 Å². The van der Waals surface area contributed by atoms with E-state index < -0.39 is 0 Å². The molecule has 3 rings (SSSR count). The average molecular weight is 280 g/mol. The molecule has 0 unspecified atom stereocenters. The van der Waals surface area contributed by atoms with Gasteiger partial charge in [0.1, 0.15) is 5.65 Å². The maximum absolute atomic E-state index is 9.17. The van der Waals surface area contributed by atoms with E-state index in [0.717, 1.165) is 24.4 Å². The number of aromatic nitrogens is 2. The molecule has 0 bridgehead atoms. The topological polar surface area (TPSA) is 40.8 Å². The molecule has 1 N–H and O–H groups in total. The lowest BCUT2D eigenvalue weighted by molar-refractivity contribution is 0.0935. The summed E-state index contributed by atoms with van der Waals surface area (Å²) in [5, 5.41) is 9.89. The second kappa shape index (κ2) is 5.49. The van der Waals surface area contributed by atoms with Gasteiger partial charge in [-0.2, -0.15) is 0 Å². The van der Waals surface area contributed by atoms with Gasteiger partial charge in [0.05, 0.1) is 17.3 Å². The van der Waals surface area contributed by atoms with Gasteiger partial charge in [-0.1, -0.05) is 18.0 Å². The molecule has 0 amide bonds. The molecule has 0 saturated heterocycles. The van der Waals surface area contributed by atoms with Gasteiger partial charge < -0.3 is 9.51 Å². The summed E-state index contributed by atoms with van der Waals surface area (Å²) in [6, 6.07) is 4.39. The molecule has 0 radical (unpaired) electrons. The summed E-state index contributed by atoms with van der Waals surface area (Å²) >= 11 is 5.97. The fourth-order valence-corrected chi connectivity index (χ4v) is 2.74. The van der Waals surface area contributed by atoms with Crippen LogP contribution >= 0.6 is 11.6 Å². The summed E-state index contributed by atoms with van der Waals surface area (Å²) in [6.07, 6.45) is 7.66. The minimum atomic E-state index is 0.204. The summed E-state index contributed by atoms with van der Waals surface area (Å²) in [4.78, 5) is 6.92. The second-order valence-electron chi connectivity index (χ2n) is 5.12. The van der Waals surface area contributed by atoms with Crippen LogP contribution in [0.2, 0.25) is 5.02 Å². The Hall–Kier alpha value is -1.10. The largest absolute Gasteiger partial charge is 0.395 e. The Balaban J connectivity index is 1.78. The highest BCUT2D eigenvalue weighted by atomic mass is 35.5. The lowest BCUT2D eigenvalue weighted by Crippen LogP contribution is -2.41. The zero-order chi connectivity index (χ0) is 13.2.